The molecular formula is C18H36O8S. The van der Waals surface area contributed by atoms with Crippen molar-refractivity contribution in [1.82, 2.24) is 0 Å². The van der Waals surface area contributed by atoms with E-state index in [0.29, 0.717) is 39.6 Å². The van der Waals surface area contributed by atoms with Crippen molar-refractivity contribution in [2.75, 3.05) is 52.5 Å². The second-order valence-corrected chi connectivity index (χ2v) is 8.76. The van der Waals surface area contributed by atoms with E-state index in [1.807, 2.05) is 20.8 Å². The lowest BCUT2D eigenvalue weighted by molar-refractivity contribution is -0.156. The molecule has 0 unspecified atom stereocenters. The van der Waals surface area contributed by atoms with Gasteiger partial charge in [0.15, 0.2) is 0 Å². The normalized spacial score (nSPS) is 12.3. The predicted molar refractivity (Wildman–Crippen MR) is 102 cm³/mol. The van der Waals surface area contributed by atoms with Gasteiger partial charge in [0, 0.05) is 6.61 Å². The predicted octanol–water partition coefficient (Wildman–Crippen LogP) is 2.30. The van der Waals surface area contributed by atoms with Crippen LogP contribution in [0.25, 0.3) is 0 Å². The fraction of sp³-hybridized carbons (Fsp3) is 0.944. The average molecular weight is 413 g/mol. The Hall–Kier alpha value is -0.740. The van der Waals surface area contributed by atoms with E-state index in [1.54, 1.807) is 0 Å². The van der Waals surface area contributed by atoms with Crippen LogP contribution < -0.4 is 0 Å². The first-order chi connectivity index (χ1) is 12.6. The summed E-state index contributed by atoms with van der Waals surface area (Å²) in [6, 6.07) is 0. The fourth-order valence-corrected chi connectivity index (χ4v) is 2.38. The minimum absolute atomic E-state index is 0.237. The number of hydrogen-bond acceptors (Lipinski definition) is 8. The van der Waals surface area contributed by atoms with Crippen LogP contribution >= 0.6 is 0 Å². The summed E-state index contributed by atoms with van der Waals surface area (Å²) in [5.74, 6) is -0.264. The summed E-state index contributed by atoms with van der Waals surface area (Å²) in [5.41, 5.74) is -0.465. The third kappa shape index (κ3) is 23.2. The Morgan fingerprint density at radius 1 is 0.741 bits per heavy atom. The van der Waals surface area contributed by atoms with Gasteiger partial charge in [0.2, 0.25) is 0 Å². The molecule has 0 radical (unpaired) electrons. The molecule has 0 N–H and O–H groups in total. The monoisotopic (exact) mass is 412 g/mol. The number of rotatable bonds is 17. The number of carbonyl (C=O) groups is 1. The van der Waals surface area contributed by atoms with Crippen LogP contribution in [0.1, 0.15) is 52.9 Å². The molecule has 0 rings (SSSR count). The van der Waals surface area contributed by atoms with E-state index in [1.165, 1.54) is 0 Å². The Kier molecular flexibility index (Phi) is 14.8. The van der Waals surface area contributed by atoms with Crippen LogP contribution in [0.4, 0.5) is 0 Å². The van der Waals surface area contributed by atoms with Gasteiger partial charge in [-0.15, -0.1) is 0 Å². The van der Waals surface area contributed by atoms with E-state index in [-0.39, 0.29) is 19.0 Å². The Labute approximate surface area is 164 Å². The summed E-state index contributed by atoms with van der Waals surface area (Å²) < 4.78 is 47.5. The lowest BCUT2D eigenvalue weighted by Crippen LogP contribution is -2.24. The average Bonchev–Trinajstić information content (AvgIpc) is 2.51. The van der Waals surface area contributed by atoms with Gasteiger partial charge in [-0.25, -0.2) is 0 Å². The zero-order chi connectivity index (χ0) is 20.6. The Balaban J connectivity index is 3.20. The molecule has 8 nitrogen and oxygen atoms in total. The lowest BCUT2D eigenvalue weighted by atomic mass is 10.2. The molecule has 0 bridgehead atoms. The summed E-state index contributed by atoms with van der Waals surface area (Å²) >= 11 is 0. The zero-order valence-electron chi connectivity index (χ0n) is 17.2. The van der Waals surface area contributed by atoms with Gasteiger partial charge in [-0.05, 0) is 33.6 Å². The van der Waals surface area contributed by atoms with E-state index in [0.717, 1.165) is 31.9 Å². The molecule has 0 saturated heterocycles. The molecule has 0 fully saturated rings. The van der Waals surface area contributed by atoms with E-state index in [2.05, 4.69) is 4.18 Å². The molecule has 0 aliphatic carbocycles. The molecule has 9 heteroatoms. The Morgan fingerprint density at radius 3 is 1.74 bits per heavy atom. The van der Waals surface area contributed by atoms with Gasteiger partial charge in [0.1, 0.15) is 5.60 Å². The van der Waals surface area contributed by atoms with Gasteiger partial charge < -0.3 is 18.9 Å². The van der Waals surface area contributed by atoms with Crippen LogP contribution in [-0.2, 0) is 38.0 Å². The topological polar surface area (TPSA) is 97.4 Å². The quantitative estimate of drug-likeness (QED) is 0.204. The van der Waals surface area contributed by atoms with Gasteiger partial charge in [-0.2, -0.15) is 8.42 Å². The van der Waals surface area contributed by atoms with Gasteiger partial charge >= 0.3 is 5.97 Å². The van der Waals surface area contributed by atoms with E-state index >= 15 is 0 Å². The second-order valence-electron chi connectivity index (χ2n) is 7.11. The van der Waals surface area contributed by atoms with Crippen LogP contribution in [0.2, 0.25) is 0 Å². The molecule has 0 aromatic rings. The summed E-state index contributed by atoms with van der Waals surface area (Å²) in [6.07, 6.45) is 4.83. The van der Waals surface area contributed by atoms with Crippen LogP contribution in [0, 0.1) is 0 Å². The number of carbonyl (C=O) groups excluding carboxylic acids is 1. The van der Waals surface area contributed by atoms with Crippen molar-refractivity contribution in [2.45, 2.75) is 58.5 Å². The van der Waals surface area contributed by atoms with Crippen molar-refractivity contribution in [3.8, 4) is 0 Å². The SMILES string of the molecule is CC(C)(C)OC(=O)CCOCCOCCOCCCCCCOS(C)(=O)=O. The van der Waals surface area contributed by atoms with Crippen molar-refractivity contribution >= 4 is 16.1 Å². The molecule has 27 heavy (non-hydrogen) atoms. The maximum atomic E-state index is 11.5. The highest BCUT2D eigenvalue weighted by molar-refractivity contribution is 7.85. The maximum Gasteiger partial charge on any atom is 0.308 e. The minimum atomic E-state index is -3.32. The molecule has 0 aliphatic rings. The van der Waals surface area contributed by atoms with Crippen molar-refractivity contribution < 1.29 is 36.3 Å². The molecule has 0 saturated carbocycles. The zero-order valence-corrected chi connectivity index (χ0v) is 18.0. The molecular weight excluding hydrogens is 376 g/mol. The largest absolute Gasteiger partial charge is 0.460 e. The minimum Gasteiger partial charge on any atom is -0.460 e. The summed E-state index contributed by atoms with van der Waals surface area (Å²) in [5, 5.41) is 0. The molecule has 0 heterocycles. The standard InChI is InChI=1S/C18H36O8S/c1-18(2,3)26-17(19)9-12-23-14-16-24-15-13-22-10-7-5-6-8-11-25-27(4,20)21/h5-16H2,1-4H3. The van der Waals surface area contributed by atoms with Crippen LogP contribution in [0.15, 0.2) is 0 Å². The summed E-state index contributed by atoms with van der Waals surface area (Å²) in [6.45, 7) is 8.62. The molecule has 0 aromatic heterocycles. The summed E-state index contributed by atoms with van der Waals surface area (Å²) in [4.78, 5) is 11.5. The van der Waals surface area contributed by atoms with E-state index in [9.17, 15) is 13.2 Å². The van der Waals surface area contributed by atoms with Gasteiger partial charge in [-0.3, -0.25) is 8.98 Å². The first-order valence-electron chi connectivity index (χ1n) is 9.39. The molecule has 0 aliphatic heterocycles. The fourth-order valence-electron chi connectivity index (χ4n) is 1.96. The van der Waals surface area contributed by atoms with E-state index < -0.39 is 15.7 Å². The van der Waals surface area contributed by atoms with Crippen LogP contribution in [0.5, 0.6) is 0 Å². The number of unbranched alkanes of at least 4 members (excludes halogenated alkanes) is 3. The van der Waals surface area contributed by atoms with Crippen molar-refractivity contribution in [2.24, 2.45) is 0 Å². The van der Waals surface area contributed by atoms with Crippen LogP contribution in [0.3, 0.4) is 0 Å². The highest BCUT2D eigenvalue weighted by atomic mass is 32.2. The number of hydrogen-bond donors (Lipinski definition) is 0. The molecule has 0 aromatic carbocycles. The molecule has 0 spiro atoms. The Bertz CT molecular complexity index is 470. The van der Waals surface area contributed by atoms with E-state index in [4.69, 9.17) is 18.9 Å². The van der Waals surface area contributed by atoms with Gasteiger partial charge in [0.25, 0.3) is 10.1 Å². The molecule has 0 atom stereocenters. The third-order valence-electron chi connectivity index (χ3n) is 3.09. The summed E-state index contributed by atoms with van der Waals surface area (Å²) in [7, 11) is -3.32. The highest BCUT2D eigenvalue weighted by Crippen LogP contribution is 2.08. The van der Waals surface area contributed by atoms with Gasteiger partial charge in [-0.1, -0.05) is 12.8 Å². The van der Waals surface area contributed by atoms with Crippen molar-refractivity contribution in [3.05, 3.63) is 0 Å². The Morgan fingerprint density at radius 2 is 1.22 bits per heavy atom. The first kappa shape index (κ1) is 26.3. The van der Waals surface area contributed by atoms with Gasteiger partial charge in [0.05, 0.1) is 52.3 Å². The highest BCUT2D eigenvalue weighted by Gasteiger charge is 2.15. The first-order valence-corrected chi connectivity index (χ1v) is 11.2. The van der Waals surface area contributed by atoms with Crippen LogP contribution in [-0.4, -0.2) is 72.5 Å². The number of ether oxygens (including phenoxy) is 4. The smallest absolute Gasteiger partial charge is 0.308 e. The second kappa shape index (κ2) is 15.2. The maximum absolute atomic E-state index is 11.5. The molecule has 0 amide bonds. The molecule has 162 valence electrons. The third-order valence-corrected chi connectivity index (χ3v) is 3.69. The lowest BCUT2D eigenvalue weighted by Gasteiger charge is -2.19. The van der Waals surface area contributed by atoms with Crippen molar-refractivity contribution in [3.63, 3.8) is 0 Å². The number of esters is 1. The van der Waals surface area contributed by atoms with Crippen molar-refractivity contribution in [1.29, 1.82) is 0 Å².